The molecule has 0 radical (unpaired) electrons. The first-order chi connectivity index (χ1) is 7.67. The first-order valence-electron chi connectivity index (χ1n) is 5.09. The Hall–Kier alpha value is -1.84. The summed E-state index contributed by atoms with van der Waals surface area (Å²) < 4.78 is 4.63. The lowest BCUT2D eigenvalue weighted by Crippen LogP contribution is -2.15. The van der Waals surface area contributed by atoms with Gasteiger partial charge in [0.1, 0.15) is 5.82 Å². The topological polar surface area (TPSA) is 51.2 Å². The molecular weight excluding hydrogens is 204 g/mol. The van der Waals surface area contributed by atoms with E-state index in [4.69, 9.17) is 0 Å². The second-order valence-electron chi connectivity index (χ2n) is 3.49. The van der Waals surface area contributed by atoms with Crippen LogP contribution in [0.4, 0.5) is 5.82 Å². The molecule has 1 rings (SSSR count). The molecule has 0 aliphatic rings. The number of nitrogens with zero attached hydrogens (tertiary/aromatic N) is 1. The maximum atomic E-state index is 11.3. The quantitative estimate of drug-likeness (QED) is 0.610. The summed E-state index contributed by atoms with van der Waals surface area (Å²) >= 11 is 0. The first kappa shape index (κ1) is 12.2. The van der Waals surface area contributed by atoms with Gasteiger partial charge in [-0.05, 0) is 25.5 Å². The zero-order chi connectivity index (χ0) is 12.0. The van der Waals surface area contributed by atoms with E-state index in [1.54, 1.807) is 18.3 Å². The van der Waals surface area contributed by atoms with Crippen LogP contribution in [0.3, 0.4) is 0 Å². The fourth-order valence-electron chi connectivity index (χ4n) is 1.32. The predicted octanol–water partition coefficient (Wildman–Crippen LogP) is 2.24. The first-order valence-corrected chi connectivity index (χ1v) is 5.09. The lowest BCUT2D eigenvalue weighted by molar-refractivity contribution is 0.0600. The molecule has 1 N–H and O–H groups in total. The molecule has 0 spiro atoms. The van der Waals surface area contributed by atoms with Gasteiger partial charge in [-0.15, -0.1) is 6.58 Å². The molecule has 0 amide bonds. The highest BCUT2D eigenvalue weighted by atomic mass is 16.5. The molecule has 4 nitrogen and oxygen atoms in total. The molecule has 86 valence electrons. The van der Waals surface area contributed by atoms with E-state index in [9.17, 15) is 4.79 Å². The average molecular weight is 220 g/mol. The van der Waals surface area contributed by atoms with Crippen LogP contribution in [0.5, 0.6) is 0 Å². The number of carbonyl (C=O) groups excluding carboxylic acids is 1. The van der Waals surface area contributed by atoms with Gasteiger partial charge in [0, 0.05) is 12.2 Å². The fraction of sp³-hybridized carbons (Fsp3) is 0.333. The van der Waals surface area contributed by atoms with Gasteiger partial charge in [-0.25, -0.2) is 9.78 Å². The van der Waals surface area contributed by atoms with Crippen molar-refractivity contribution in [1.29, 1.82) is 0 Å². The van der Waals surface area contributed by atoms with Crippen LogP contribution in [0.1, 0.15) is 23.7 Å². The number of anilines is 1. The van der Waals surface area contributed by atoms with Gasteiger partial charge in [0.05, 0.1) is 12.7 Å². The van der Waals surface area contributed by atoms with E-state index in [-0.39, 0.29) is 12.0 Å². The van der Waals surface area contributed by atoms with Gasteiger partial charge in [-0.1, -0.05) is 6.08 Å². The number of aromatic nitrogens is 1. The van der Waals surface area contributed by atoms with Crippen molar-refractivity contribution in [2.75, 3.05) is 12.4 Å². The molecule has 0 aromatic carbocycles. The average Bonchev–Trinajstić information content (AvgIpc) is 2.28. The minimum absolute atomic E-state index is 0.234. The maximum absolute atomic E-state index is 11.3. The second-order valence-corrected chi connectivity index (χ2v) is 3.49. The van der Waals surface area contributed by atoms with E-state index >= 15 is 0 Å². The molecule has 0 fully saturated rings. The molecule has 0 saturated carbocycles. The van der Waals surface area contributed by atoms with Crippen molar-refractivity contribution in [3.63, 3.8) is 0 Å². The minimum atomic E-state index is -0.359. The third-order valence-corrected chi connectivity index (χ3v) is 2.10. The number of hydrogen-bond acceptors (Lipinski definition) is 4. The molecule has 0 aliphatic heterocycles. The van der Waals surface area contributed by atoms with Crippen molar-refractivity contribution in [3.05, 3.63) is 36.5 Å². The lowest BCUT2D eigenvalue weighted by Gasteiger charge is -2.12. The van der Waals surface area contributed by atoms with Gasteiger partial charge in [-0.2, -0.15) is 0 Å². The van der Waals surface area contributed by atoms with Gasteiger partial charge >= 0.3 is 5.97 Å². The maximum Gasteiger partial charge on any atom is 0.338 e. The summed E-state index contributed by atoms with van der Waals surface area (Å²) in [5.41, 5.74) is 0.491. The van der Waals surface area contributed by atoms with Gasteiger partial charge in [0.25, 0.3) is 0 Å². The predicted molar refractivity (Wildman–Crippen MR) is 63.5 cm³/mol. The fourth-order valence-corrected chi connectivity index (χ4v) is 1.32. The standard InChI is InChI=1S/C12H16N2O2/c1-4-5-9(2)14-11-8-10(6-7-13-11)12(15)16-3/h4,6-9H,1,5H2,2-3H3,(H,13,14). The Kier molecular flexibility index (Phi) is 4.51. The molecule has 4 heteroatoms. The molecule has 1 atom stereocenters. The number of nitrogens with one attached hydrogen (secondary N) is 1. The zero-order valence-corrected chi connectivity index (χ0v) is 9.56. The van der Waals surface area contributed by atoms with Crippen LogP contribution in [0.15, 0.2) is 31.0 Å². The van der Waals surface area contributed by atoms with E-state index in [2.05, 4.69) is 21.6 Å². The Morgan fingerprint density at radius 2 is 2.50 bits per heavy atom. The van der Waals surface area contributed by atoms with E-state index in [1.165, 1.54) is 7.11 Å². The number of ether oxygens (including phenoxy) is 1. The van der Waals surface area contributed by atoms with E-state index in [1.807, 2.05) is 13.0 Å². The van der Waals surface area contributed by atoms with Crippen molar-refractivity contribution in [3.8, 4) is 0 Å². The Morgan fingerprint density at radius 1 is 1.75 bits per heavy atom. The third-order valence-electron chi connectivity index (χ3n) is 2.10. The van der Waals surface area contributed by atoms with Crippen molar-refractivity contribution in [2.45, 2.75) is 19.4 Å². The van der Waals surface area contributed by atoms with E-state index in [0.29, 0.717) is 11.4 Å². The second kappa shape index (κ2) is 5.90. The summed E-state index contributed by atoms with van der Waals surface area (Å²) in [4.78, 5) is 15.4. The van der Waals surface area contributed by atoms with E-state index < -0.39 is 0 Å². The highest BCUT2D eigenvalue weighted by Gasteiger charge is 2.07. The highest BCUT2D eigenvalue weighted by Crippen LogP contribution is 2.10. The third kappa shape index (κ3) is 3.38. The number of rotatable bonds is 5. The lowest BCUT2D eigenvalue weighted by atomic mass is 10.2. The Bertz CT molecular complexity index is 377. The van der Waals surface area contributed by atoms with Crippen molar-refractivity contribution < 1.29 is 9.53 Å². The van der Waals surface area contributed by atoms with E-state index in [0.717, 1.165) is 6.42 Å². The van der Waals surface area contributed by atoms with Crippen molar-refractivity contribution in [1.82, 2.24) is 4.98 Å². The van der Waals surface area contributed by atoms with Gasteiger partial charge in [-0.3, -0.25) is 0 Å². The molecule has 1 heterocycles. The SMILES string of the molecule is C=CCC(C)Nc1cc(C(=O)OC)ccn1. The van der Waals surface area contributed by atoms with Crippen LogP contribution in [-0.2, 0) is 4.74 Å². The number of hydrogen-bond donors (Lipinski definition) is 1. The van der Waals surface area contributed by atoms with Crippen molar-refractivity contribution >= 4 is 11.8 Å². The summed E-state index contributed by atoms with van der Waals surface area (Å²) in [6.45, 7) is 5.69. The van der Waals surface area contributed by atoms with Gasteiger partial charge in [0.15, 0.2) is 0 Å². The monoisotopic (exact) mass is 220 g/mol. The highest BCUT2D eigenvalue weighted by molar-refractivity contribution is 5.89. The minimum Gasteiger partial charge on any atom is -0.465 e. The number of pyridine rings is 1. The molecule has 0 saturated heterocycles. The summed E-state index contributed by atoms with van der Waals surface area (Å²) in [5, 5.41) is 3.17. The molecule has 1 aromatic heterocycles. The zero-order valence-electron chi connectivity index (χ0n) is 9.56. The van der Waals surface area contributed by atoms with Crippen molar-refractivity contribution in [2.24, 2.45) is 0 Å². The molecule has 0 aliphatic carbocycles. The van der Waals surface area contributed by atoms with Crippen LogP contribution in [0.2, 0.25) is 0 Å². The summed E-state index contributed by atoms with van der Waals surface area (Å²) in [6, 6.07) is 3.53. The molecule has 1 aromatic rings. The Balaban J connectivity index is 2.74. The Morgan fingerprint density at radius 3 is 3.12 bits per heavy atom. The van der Waals surface area contributed by atoms with Crippen LogP contribution in [0, 0.1) is 0 Å². The van der Waals surface area contributed by atoms with Crippen LogP contribution in [0.25, 0.3) is 0 Å². The normalized spacial score (nSPS) is 11.6. The largest absolute Gasteiger partial charge is 0.465 e. The summed E-state index contributed by atoms with van der Waals surface area (Å²) in [6.07, 6.45) is 4.25. The van der Waals surface area contributed by atoms with Gasteiger partial charge < -0.3 is 10.1 Å². The van der Waals surface area contributed by atoms with Gasteiger partial charge in [0.2, 0.25) is 0 Å². The number of esters is 1. The Labute approximate surface area is 95.3 Å². The number of carbonyl (C=O) groups is 1. The molecule has 1 unspecified atom stereocenters. The number of methoxy groups -OCH3 is 1. The smallest absolute Gasteiger partial charge is 0.338 e. The van der Waals surface area contributed by atoms with Crippen LogP contribution in [-0.4, -0.2) is 24.1 Å². The molecular formula is C12H16N2O2. The molecule has 0 bridgehead atoms. The van der Waals surface area contributed by atoms with Crippen LogP contribution < -0.4 is 5.32 Å². The molecule has 16 heavy (non-hydrogen) atoms. The van der Waals surface area contributed by atoms with Crippen LogP contribution >= 0.6 is 0 Å². The summed E-state index contributed by atoms with van der Waals surface area (Å²) in [5.74, 6) is 0.305. The summed E-state index contributed by atoms with van der Waals surface area (Å²) in [7, 11) is 1.36.